The Hall–Kier alpha value is -3.16. The molecule has 1 N–H and O–H groups in total. The van der Waals surface area contributed by atoms with Crippen LogP contribution in [0.5, 0.6) is 5.75 Å². The average molecular weight is 399 g/mol. The van der Waals surface area contributed by atoms with Crippen molar-refractivity contribution in [3.63, 3.8) is 0 Å². The number of nitrogens with zero attached hydrogens (tertiary/aromatic N) is 3. The number of fused-ring (bicyclic) bond motifs is 2. The molecule has 0 radical (unpaired) electrons. The third-order valence-electron chi connectivity index (χ3n) is 5.29. The van der Waals surface area contributed by atoms with Crippen molar-refractivity contribution in [1.29, 1.82) is 0 Å². The fraction of sp³-hybridized carbons (Fsp3) is 0.381. The van der Waals surface area contributed by atoms with Gasteiger partial charge in [0.2, 0.25) is 5.91 Å². The van der Waals surface area contributed by atoms with E-state index in [1.807, 2.05) is 0 Å². The van der Waals surface area contributed by atoms with Gasteiger partial charge in [-0.3, -0.25) is 9.78 Å². The number of benzene rings is 1. The van der Waals surface area contributed by atoms with E-state index >= 15 is 4.39 Å². The summed E-state index contributed by atoms with van der Waals surface area (Å²) in [4.78, 5) is 31.2. The predicted octanol–water partition coefficient (Wildman–Crippen LogP) is 2.89. The van der Waals surface area contributed by atoms with Gasteiger partial charge in [-0.1, -0.05) is 0 Å². The molecule has 7 nitrogen and oxygen atoms in total. The summed E-state index contributed by atoms with van der Waals surface area (Å²) < 4.78 is 29.7. The molecule has 0 saturated carbocycles. The highest BCUT2D eigenvalue weighted by Crippen LogP contribution is 2.42. The summed E-state index contributed by atoms with van der Waals surface area (Å²) in [5, 5.41) is 2.70. The standard InChI is InChI=1S/C21H23FN4O3/c1-25(2)21(28)24-17-6-7-29-20-14(10-23-11-15(17)20)13-8-12-4-5-19(27)26(3)18(12)9-16(13)22/h8-11,17H,4-7H2,1-3H3,(H,24,28)/t17-/m1/s1/i17D. The van der Waals surface area contributed by atoms with Crippen LogP contribution in [0.3, 0.4) is 0 Å². The summed E-state index contributed by atoms with van der Waals surface area (Å²) in [7, 11) is 4.83. The number of amides is 3. The molecule has 0 aliphatic carbocycles. The normalized spacial score (nSPS) is 20.9. The van der Waals surface area contributed by atoms with Crippen LogP contribution in [0, 0.1) is 5.82 Å². The Morgan fingerprint density at radius 1 is 1.34 bits per heavy atom. The van der Waals surface area contributed by atoms with E-state index in [0.717, 1.165) is 5.56 Å². The SMILES string of the molecule is [2H][C@@]1(NC(=O)N(C)C)CCOc2c(-c3cc4c(cc3F)N(C)C(=O)CC4)cncc21. The van der Waals surface area contributed by atoms with Crippen LogP contribution < -0.4 is 15.0 Å². The molecular weight excluding hydrogens is 375 g/mol. The van der Waals surface area contributed by atoms with Gasteiger partial charge in [0.05, 0.1) is 14.0 Å². The van der Waals surface area contributed by atoms with E-state index in [4.69, 9.17) is 6.11 Å². The van der Waals surface area contributed by atoms with Crippen molar-refractivity contribution < 1.29 is 20.1 Å². The number of aryl methyl sites for hydroxylation is 1. The Morgan fingerprint density at radius 3 is 2.90 bits per heavy atom. The molecule has 0 bridgehead atoms. The molecule has 1 aromatic heterocycles. The minimum atomic E-state index is -1.44. The molecule has 0 saturated heterocycles. The van der Waals surface area contributed by atoms with E-state index < -0.39 is 17.9 Å². The number of hydrogen-bond acceptors (Lipinski definition) is 4. The van der Waals surface area contributed by atoms with Crippen molar-refractivity contribution in [1.82, 2.24) is 15.2 Å². The molecule has 29 heavy (non-hydrogen) atoms. The van der Waals surface area contributed by atoms with Crippen LogP contribution >= 0.6 is 0 Å². The third kappa shape index (κ3) is 3.39. The van der Waals surface area contributed by atoms with Crippen molar-refractivity contribution in [2.24, 2.45) is 0 Å². The highest BCUT2D eigenvalue weighted by atomic mass is 19.1. The zero-order valence-electron chi connectivity index (χ0n) is 17.6. The van der Waals surface area contributed by atoms with Gasteiger partial charge in [-0.2, -0.15) is 0 Å². The summed E-state index contributed by atoms with van der Waals surface area (Å²) >= 11 is 0. The van der Waals surface area contributed by atoms with E-state index in [0.29, 0.717) is 41.0 Å². The first-order valence-electron chi connectivity index (χ1n) is 9.91. The molecule has 2 aliphatic heterocycles. The summed E-state index contributed by atoms with van der Waals surface area (Å²) in [5.41, 5.74) is 2.51. The van der Waals surface area contributed by atoms with Crippen LogP contribution in [0.4, 0.5) is 14.9 Å². The lowest BCUT2D eigenvalue weighted by atomic mass is 9.93. The monoisotopic (exact) mass is 399 g/mol. The number of anilines is 1. The lowest BCUT2D eigenvalue weighted by Gasteiger charge is -2.30. The summed E-state index contributed by atoms with van der Waals surface area (Å²) in [6, 6.07) is 1.23. The van der Waals surface area contributed by atoms with Crippen LogP contribution in [-0.4, -0.2) is 49.6 Å². The zero-order chi connectivity index (χ0) is 21.6. The van der Waals surface area contributed by atoms with Crippen LogP contribution in [0.1, 0.15) is 31.4 Å². The average Bonchev–Trinajstić information content (AvgIpc) is 2.71. The number of rotatable bonds is 2. The van der Waals surface area contributed by atoms with Gasteiger partial charge < -0.3 is 19.9 Å². The van der Waals surface area contributed by atoms with E-state index in [2.05, 4.69) is 10.3 Å². The van der Waals surface area contributed by atoms with Gasteiger partial charge in [0, 0.05) is 68.8 Å². The van der Waals surface area contributed by atoms with Crippen LogP contribution in [-0.2, 0) is 11.2 Å². The van der Waals surface area contributed by atoms with Crippen LogP contribution in [0.2, 0.25) is 0 Å². The highest BCUT2D eigenvalue weighted by Gasteiger charge is 2.29. The maximum Gasteiger partial charge on any atom is 0.317 e. The van der Waals surface area contributed by atoms with Gasteiger partial charge in [0.1, 0.15) is 11.6 Å². The van der Waals surface area contributed by atoms with Gasteiger partial charge >= 0.3 is 6.03 Å². The quantitative estimate of drug-likeness (QED) is 0.843. The number of carbonyl (C=O) groups is 2. The smallest absolute Gasteiger partial charge is 0.317 e. The second-order valence-electron chi connectivity index (χ2n) is 7.38. The number of pyridine rings is 1. The Balaban J connectivity index is 1.80. The molecule has 4 rings (SSSR count). The lowest BCUT2D eigenvalue weighted by molar-refractivity contribution is -0.118. The largest absolute Gasteiger partial charge is 0.492 e. The maximum absolute atomic E-state index is 15.1. The van der Waals surface area contributed by atoms with Gasteiger partial charge in [0.15, 0.2) is 0 Å². The molecule has 2 aliphatic rings. The summed E-state index contributed by atoms with van der Waals surface area (Å²) in [5.74, 6) is -0.218. The van der Waals surface area contributed by atoms with Gasteiger partial charge in [-0.05, 0) is 24.1 Å². The minimum absolute atomic E-state index is 0.0487. The number of carbonyl (C=O) groups excluding carboxylic acids is 2. The maximum atomic E-state index is 15.1. The predicted molar refractivity (Wildman–Crippen MR) is 106 cm³/mol. The van der Waals surface area contributed by atoms with Crippen molar-refractivity contribution >= 4 is 17.6 Å². The number of hydrogen-bond donors (Lipinski definition) is 1. The van der Waals surface area contributed by atoms with Crippen molar-refractivity contribution in [3.8, 4) is 16.9 Å². The summed E-state index contributed by atoms with van der Waals surface area (Å²) in [6.45, 7) is 0.199. The van der Waals surface area contributed by atoms with E-state index in [9.17, 15) is 9.59 Å². The molecular formula is C21H23FN4O3. The van der Waals surface area contributed by atoms with Crippen LogP contribution in [0.25, 0.3) is 11.1 Å². The number of urea groups is 1. The van der Waals surface area contributed by atoms with Crippen molar-refractivity contribution in [2.75, 3.05) is 32.6 Å². The molecule has 1 aromatic carbocycles. The van der Waals surface area contributed by atoms with Gasteiger partial charge in [-0.15, -0.1) is 0 Å². The molecule has 0 unspecified atom stereocenters. The van der Waals surface area contributed by atoms with E-state index in [1.165, 1.54) is 28.3 Å². The first-order chi connectivity index (χ1) is 14.2. The molecule has 152 valence electrons. The molecule has 1 atom stereocenters. The van der Waals surface area contributed by atoms with Crippen molar-refractivity contribution in [2.45, 2.75) is 25.3 Å². The fourth-order valence-electron chi connectivity index (χ4n) is 3.64. The van der Waals surface area contributed by atoms with Gasteiger partial charge in [-0.25, -0.2) is 9.18 Å². The number of ether oxygens (including phenoxy) is 1. The molecule has 3 heterocycles. The zero-order valence-corrected chi connectivity index (χ0v) is 16.6. The number of nitrogens with one attached hydrogen (secondary N) is 1. The Labute approximate surface area is 169 Å². The second kappa shape index (κ2) is 7.35. The first-order valence-corrected chi connectivity index (χ1v) is 9.41. The number of aromatic nitrogens is 1. The molecule has 3 amide bonds. The topological polar surface area (TPSA) is 74.8 Å². The van der Waals surface area contributed by atoms with Crippen LogP contribution in [0.15, 0.2) is 24.5 Å². The molecule has 0 spiro atoms. The Kier molecular flexibility index (Phi) is 4.54. The molecule has 2 aromatic rings. The number of halogens is 1. The minimum Gasteiger partial charge on any atom is -0.492 e. The molecule has 0 fully saturated rings. The van der Waals surface area contributed by atoms with E-state index in [-0.39, 0.29) is 18.9 Å². The van der Waals surface area contributed by atoms with Crippen molar-refractivity contribution in [3.05, 3.63) is 41.5 Å². The first kappa shape index (κ1) is 17.9. The second-order valence-corrected chi connectivity index (χ2v) is 7.38. The van der Waals surface area contributed by atoms with E-state index in [1.54, 1.807) is 27.2 Å². The van der Waals surface area contributed by atoms with Gasteiger partial charge in [0.25, 0.3) is 0 Å². The Morgan fingerprint density at radius 2 is 2.14 bits per heavy atom. The fourth-order valence-corrected chi connectivity index (χ4v) is 3.64. The Bertz CT molecular complexity index is 1050. The third-order valence-corrected chi connectivity index (χ3v) is 5.29. The highest BCUT2D eigenvalue weighted by molar-refractivity contribution is 5.96. The lowest BCUT2D eigenvalue weighted by Crippen LogP contribution is -2.39. The molecule has 8 heteroatoms. The summed E-state index contributed by atoms with van der Waals surface area (Å²) in [6.07, 6.45) is 4.10.